The lowest BCUT2D eigenvalue weighted by Gasteiger charge is -2.40. The molecule has 12 heteroatoms. The number of rotatable bonds is 11. The van der Waals surface area contributed by atoms with Gasteiger partial charge < -0.3 is 20.3 Å². The van der Waals surface area contributed by atoms with E-state index in [0.717, 1.165) is 0 Å². The maximum absolute atomic E-state index is 13.8. The third-order valence-corrected chi connectivity index (χ3v) is 7.66. The zero-order valence-corrected chi connectivity index (χ0v) is 22.1. The highest BCUT2D eigenvalue weighted by Crippen LogP contribution is 2.40. The second-order valence-electron chi connectivity index (χ2n) is 9.95. The quantitative estimate of drug-likeness (QED) is 0.206. The van der Waals surface area contributed by atoms with E-state index in [9.17, 15) is 28.3 Å². The molecule has 40 heavy (non-hydrogen) atoms. The third kappa shape index (κ3) is 6.30. The molecule has 4 rings (SSSR count). The van der Waals surface area contributed by atoms with Crippen LogP contribution in [0, 0.1) is 22.9 Å². The number of fused-ring (bicyclic) bond motifs is 1. The van der Waals surface area contributed by atoms with Crippen LogP contribution in [0.1, 0.15) is 42.9 Å². The lowest BCUT2D eigenvalue weighted by atomic mass is 9.73. The number of likely N-dealkylation sites (tertiary alicyclic amines) is 1. The molecule has 1 atom stereocenters. The number of ether oxygens (including phenoxy) is 2. The fraction of sp³-hybridized carbons (Fsp3) is 0.429. The average Bonchev–Trinajstić information content (AvgIpc) is 2.96. The first-order valence-electron chi connectivity index (χ1n) is 13.0. The number of carbonyl (C=O) groups is 1. The zero-order valence-electron chi connectivity index (χ0n) is 22.1. The van der Waals surface area contributed by atoms with E-state index in [1.807, 2.05) is 4.90 Å². The summed E-state index contributed by atoms with van der Waals surface area (Å²) in [6.07, 6.45) is 1.94. The molecule has 0 saturated carbocycles. The second kappa shape index (κ2) is 12.8. The molecule has 1 saturated heterocycles. The van der Waals surface area contributed by atoms with Crippen molar-refractivity contribution in [3.63, 3.8) is 0 Å². The molecule has 5 N–H and O–H groups in total. The molecular weight excluding hydrogens is 529 g/mol. The van der Waals surface area contributed by atoms with E-state index in [-0.39, 0.29) is 26.0 Å². The average molecular weight is 563 g/mol. The number of hydrogen-bond acceptors (Lipinski definition) is 8. The Balaban J connectivity index is 1.42. The van der Waals surface area contributed by atoms with Gasteiger partial charge in [0, 0.05) is 36.8 Å². The normalized spacial score (nSPS) is 16.1. The number of aromatic nitrogens is 1. The van der Waals surface area contributed by atoms with E-state index in [1.54, 1.807) is 37.0 Å². The minimum absolute atomic E-state index is 0.0438. The highest BCUT2D eigenvalue weighted by Gasteiger charge is 2.41. The summed E-state index contributed by atoms with van der Waals surface area (Å²) in [7, 11) is 1.55. The number of pyridine rings is 1. The minimum atomic E-state index is -1.12. The minimum Gasteiger partial charge on any atom is -0.497 e. The van der Waals surface area contributed by atoms with Gasteiger partial charge >= 0.3 is 0 Å². The van der Waals surface area contributed by atoms with Crippen LogP contribution in [-0.4, -0.2) is 59.5 Å². The Morgan fingerprint density at radius 2 is 1.90 bits per heavy atom. The van der Waals surface area contributed by atoms with Crippen LogP contribution in [-0.2, 0) is 11.3 Å². The van der Waals surface area contributed by atoms with Crippen molar-refractivity contribution in [2.75, 3.05) is 33.4 Å². The number of methoxy groups -OCH3 is 1. The first kappa shape index (κ1) is 29.5. The van der Waals surface area contributed by atoms with E-state index in [2.05, 4.69) is 4.98 Å². The van der Waals surface area contributed by atoms with Crippen molar-refractivity contribution in [2.45, 2.75) is 38.3 Å². The number of nitrogens with one attached hydrogen (secondary N) is 1. The molecule has 3 aromatic rings. The van der Waals surface area contributed by atoms with Gasteiger partial charge in [-0.25, -0.2) is 18.7 Å². The molecule has 216 valence electrons. The Bertz CT molecular complexity index is 1320. The van der Waals surface area contributed by atoms with Gasteiger partial charge in [0.1, 0.15) is 18.2 Å². The molecule has 1 fully saturated rings. The van der Waals surface area contributed by atoms with Crippen molar-refractivity contribution < 1.29 is 37.8 Å². The summed E-state index contributed by atoms with van der Waals surface area (Å²) in [6, 6.07) is 6.47. The number of aliphatic hydroxyl groups is 1. The molecule has 0 bridgehead atoms. The summed E-state index contributed by atoms with van der Waals surface area (Å²) in [4.78, 5) is 19.2. The van der Waals surface area contributed by atoms with E-state index in [1.165, 1.54) is 0 Å². The van der Waals surface area contributed by atoms with Crippen molar-refractivity contribution in [2.24, 2.45) is 11.1 Å². The number of halogens is 3. The highest BCUT2D eigenvalue weighted by molar-refractivity contribution is 5.85. The van der Waals surface area contributed by atoms with Gasteiger partial charge in [-0.05, 0) is 68.1 Å². The van der Waals surface area contributed by atoms with Crippen LogP contribution >= 0.6 is 0 Å². The molecule has 0 aliphatic carbocycles. The van der Waals surface area contributed by atoms with Crippen LogP contribution in [0.25, 0.3) is 10.9 Å². The number of nitrogens with two attached hydrogens (primary N) is 1. The summed E-state index contributed by atoms with van der Waals surface area (Å²) >= 11 is 0. The predicted octanol–water partition coefficient (Wildman–Crippen LogP) is 3.60. The van der Waals surface area contributed by atoms with Gasteiger partial charge in [0.25, 0.3) is 0 Å². The Hall–Kier alpha value is -3.45. The molecule has 1 amide bonds. The Morgan fingerprint density at radius 1 is 1.20 bits per heavy atom. The smallest absolute Gasteiger partial charge is 0.249 e. The summed E-state index contributed by atoms with van der Waals surface area (Å²) in [6.45, 7) is 1.34. The Labute approximate surface area is 229 Å². The van der Waals surface area contributed by atoms with Crippen LogP contribution in [0.5, 0.6) is 11.5 Å². The Kier molecular flexibility index (Phi) is 9.46. The van der Waals surface area contributed by atoms with Gasteiger partial charge in [-0.3, -0.25) is 19.9 Å². The SMILES string of the molecule is COc1ccc2ncc(CN)c(C(O)CCC3(C(=O)NO)CCN(CCOc4c(F)cc(F)cc4F)CC3)c2c1. The topological polar surface area (TPSA) is 130 Å². The van der Waals surface area contributed by atoms with Crippen molar-refractivity contribution in [3.8, 4) is 11.5 Å². The third-order valence-electron chi connectivity index (χ3n) is 7.66. The van der Waals surface area contributed by atoms with Crippen molar-refractivity contribution >= 4 is 16.8 Å². The molecule has 1 aliphatic rings. The number of benzene rings is 2. The molecule has 1 aliphatic heterocycles. The van der Waals surface area contributed by atoms with Crippen LogP contribution in [0.15, 0.2) is 36.5 Å². The number of hydrogen-bond donors (Lipinski definition) is 4. The van der Waals surface area contributed by atoms with Crippen molar-refractivity contribution in [3.05, 3.63) is 65.1 Å². The number of aliphatic hydroxyl groups excluding tert-OH is 1. The zero-order chi connectivity index (χ0) is 28.9. The summed E-state index contributed by atoms with van der Waals surface area (Å²) < 4.78 is 51.3. The molecule has 0 spiro atoms. The summed E-state index contributed by atoms with van der Waals surface area (Å²) in [5.41, 5.74) is 8.76. The monoisotopic (exact) mass is 562 g/mol. The second-order valence-corrected chi connectivity index (χ2v) is 9.95. The number of amides is 1. The van der Waals surface area contributed by atoms with Crippen LogP contribution in [0.3, 0.4) is 0 Å². The number of piperidine rings is 1. The standard InChI is InChI=1S/C28H33F3N4O5/c1-39-19-2-3-23-20(14-19)25(17(15-32)16-33-23)24(36)4-5-28(27(37)34-38)6-8-35(9-7-28)10-11-40-26-21(30)12-18(29)13-22(26)31/h2-3,12-14,16,24,36,38H,4-11,15,32H2,1H3,(H,34,37). The largest absolute Gasteiger partial charge is 0.497 e. The van der Waals surface area contributed by atoms with E-state index >= 15 is 0 Å². The lowest BCUT2D eigenvalue weighted by Crippen LogP contribution is -2.49. The van der Waals surface area contributed by atoms with Gasteiger partial charge in [0.2, 0.25) is 5.91 Å². The molecule has 0 radical (unpaired) electrons. The molecule has 1 unspecified atom stereocenters. The molecular formula is C28H33F3N4O5. The van der Waals surface area contributed by atoms with E-state index in [0.29, 0.717) is 72.4 Å². The first-order chi connectivity index (χ1) is 19.2. The van der Waals surface area contributed by atoms with Gasteiger partial charge in [0.15, 0.2) is 17.4 Å². The van der Waals surface area contributed by atoms with Gasteiger partial charge in [-0.2, -0.15) is 0 Å². The maximum Gasteiger partial charge on any atom is 0.249 e. The fourth-order valence-electron chi connectivity index (χ4n) is 5.33. The molecule has 2 aromatic carbocycles. The lowest BCUT2D eigenvalue weighted by molar-refractivity contribution is -0.144. The van der Waals surface area contributed by atoms with Crippen LogP contribution in [0.2, 0.25) is 0 Å². The first-order valence-corrected chi connectivity index (χ1v) is 13.0. The van der Waals surface area contributed by atoms with E-state index < -0.39 is 40.6 Å². The van der Waals surface area contributed by atoms with Crippen molar-refractivity contribution in [1.29, 1.82) is 0 Å². The number of hydroxylamine groups is 1. The summed E-state index contributed by atoms with van der Waals surface area (Å²) in [5.74, 6) is -3.84. The molecule has 2 heterocycles. The fourth-order valence-corrected chi connectivity index (χ4v) is 5.33. The Morgan fingerprint density at radius 3 is 2.52 bits per heavy atom. The predicted molar refractivity (Wildman–Crippen MR) is 140 cm³/mol. The van der Waals surface area contributed by atoms with Gasteiger partial charge in [-0.1, -0.05) is 0 Å². The van der Waals surface area contributed by atoms with E-state index in [4.69, 9.17) is 15.2 Å². The van der Waals surface area contributed by atoms with Gasteiger partial charge in [0.05, 0.1) is 24.1 Å². The van der Waals surface area contributed by atoms with Crippen LogP contribution < -0.4 is 20.7 Å². The number of nitrogens with zero attached hydrogens (tertiary/aromatic N) is 2. The highest BCUT2D eigenvalue weighted by atomic mass is 19.1. The number of carbonyl (C=O) groups excluding carboxylic acids is 1. The van der Waals surface area contributed by atoms with Crippen molar-refractivity contribution in [1.82, 2.24) is 15.4 Å². The van der Waals surface area contributed by atoms with Crippen LogP contribution in [0.4, 0.5) is 13.2 Å². The maximum atomic E-state index is 13.8. The molecule has 1 aromatic heterocycles. The molecule has 9 nitrogen and oxygen atoms in total. The summed E-state index contributed by atoms with van der Waals surface area (Å²) in [5, 5.41) is 21.5. The van der Waals surface area contributed by atoms with Gasteiger partial charge in [-0.15, -0.1) is 0 Å².